The van der Waals surface area contributed by atoms with Crippen LogP contribution in [0.4, 0.5) is 0 Å². The first-order valence-corrected chi connectivity index (χ1v) is 17.9. The van der Waals surface area contributed by atoms with Crippen LogP contribution in [0, 0.1) is 0 Å². The predicted octanol–water partition coefficient (Wildman–Crippen LogP) is 6.54. The molecule has 42 heavy (non-hydrogen) atoms. The summed E-state index contributed by atoms with van der Waals surface area (Å²) in [5.41, 5.74) is 5.32. The van der Waals surface area contributed by atoms with Crippen LogP contribution in [-0.2, 0) is 35.6 Å². The van der Waals surface area contributed by atoms with Crippen LogP contribution in [0.1, 0.15) is 67.3 Å². The van der Waals surface area contributed by atoms with E-state index < -0.39 is 8.32 Å². The van der Waals surface area contributed by atoms with Gasteiger partial charge in [0.1, 0.15) is 12.4 Å². The van der Waals surface area contributed by atoms with E-state index in [2.05, 4.69) is 56.4 Å². The number of aliphatic hydroxyl groups excluding tert-OH is 1. The molecule has 0 aliphatic rings. The molecule has 228 valence electrons. The Balaban J connectivity index is 1.73. The molecule has 0 spiro atoms. The molecule has 0 aliphatic heterocycles. The van der Waals surface area contributed by atoms with Gasteiger partial charge in [-0.2, -0.15) is 0 Å². The summed E-state index contributed by atoms with van der Waals surface area (Å²) in [5, 5.41) is 13.8. The molecule has 0 amide bonds. The van der Waals surface area contributed by atoms with Crippen LogP contribution in [-0.4, -0.2) is 43.9 Å². The standard InChI is InChI=1S/C35H49NO5Si/c1-26(19-29-14-10-13-27(20-29)15-18-34(38)40-4)36-23-32(22-35(2,3)42(5,6)39)30-16-17-33(31(21-30)24-37)41-25-28-11-8-7-9-12-28/h7-14,16-17,20-21,26,32,36-37,39H,15,18-19,22-25H2,1-6H3/t26-,32+/m1/s1. The summed E-state index contributed by atoms with van der Waals surface area (Å²) in [6, 6.07) is 24.8. The van der Waals surface area contributed by atoms with Crippen molar-refractivity contribution in [3.8, 4) is 5.75 Å². The van der Waals surface area contributed by atoms with Gasteiger partial charge < -0.3 is 24.7 Å². The highest BCUT2D eigenvalue weighted by Gasteiger charge is 2.40. The number of rotatable bonds is 16. The van der Waals surface area contributed by atoms with Crippen LogP contribution in [0.3, 0.4) is 0 Å². The lowest BCUT2D eigenvalue weighted by molar-refractivity contribution is -0.140. The summed E-state index contributed by atoms with van der Waals surface area (Å²) in [7, 11) is -1.02. The second kappa shape index (κ2) is 15.5. The normalized spacial score (nSPS) is 13.4. The Morgan fingerprint density at radius 1 is 0.976 bits per heavy atom. The molecule has 0 bridgehead atoms. The maximum Gasteiger partial charge on any atom is 0.305 e. The third-order valence-corrected chi connectivity index (χ3v) is 12.0. The van der Waals surface area contributed by atoms with Crippen LogP contribution < -0.4 is 10.1 Å². The van der Waals surface area contributed by atoms with Gasteiger partial charge in [0.25, 0.3) is 0 Å². The number of ether oxygens (including phenoxy) is 2. The van der Waals surface area contributed by atoms with E-state index in [0.717, 1.165) is 41.6 Å². The second-order valence-electron chi connectivity index (χ2n) is 12.6. The first kappa shape index (κ1) is 33.5. The molecule has 0 aromatic heterocycles. The molecule has 2 atom stereocenters. The number of esters is 1. The molecule has 3 aromatic rings. The van der Waals surface area contributed by atoms with Crippen molar-refractivity contribution in [3.63, 3.8) is 0 Å². The van der Waals surface area contributed by atoms with Gasteiger partial charge in [-0.3, -0.25) is 4.79 Å². The third kappa shape index (κ3) is 10.1. The molecule has 0 fully saturated rings. The molecule has 0 saturated carbocycles. The highest BCUT2D eigenvalue weighted by molar-refractivity contribution is 6.72. The number of hydrogen-bond donors (Lipinski definition) is 3. The Morgan fingerprint density at radius 3 is 2.33 bits per heavy atom. The summed E-state index contributed by atoms with van der Waals surface area (Å²) in [6.45, 7) is 11.6. The van der Waals surface area contributed by atoms with Gasteiger partial charge in [0.15, 0.2) is 8.32 Å². The number of benzene rings is 3. The number of aryl methyl sites for hydroxylation is 1. The van der Waals surface area contributed by atoms with Gasteiger partial charge in [-0.15, -0.1) is 0 Å². The lowest BCUT2D eigenvalue weighted by Crippen LogP contribution is -2.41. The Hall–Kier alpha value is -2.97. The zero-order valence-electron chi connectivity index (χ0n) is 26.2. The Kier molecular flexibility index (Phi) is 12.4. The van der Waals surface area contributed by atoms with Crippen LogP contribution >= 0.6 is 0 Å². The maximum atomic E-state index is 11.6. The number of carbonyl (C=O) groups is 1. The highest BCUT2D eigenvalue weighted by atomic mass is 28.4. The van der Waals surface area contributed by atoms with Gasteiger partial charge in [0.05, 0.1) is 13.7 Å². The Bertz CT molecular complexity index is 1270. The summed E-state index contributed by atoms with van der Waals surface area (Å²) in [4.78, 5) is 22.6. The molecular formula is C35H49NO5Si. The SMILES string of the molecule is COC(=O)CCc1cccc(C[C@@H](C)NC[C@H](CC(C)(C)[Si](C)(C)O)c2ccc(OCc3ccccc3)c(CO)c2)c1. The maximum absolute atomic E-state index is 11.6. The van der Waals surface area contributed by atoms with E-state index in [0.29, 0.717) is 25.2 Å². The average Bonchev–Trinajstić information content (AvgIpc) is 2.97. The van der Waals surface area contributed by atoms with Gasteiger partial charge in [-0.1, -0.05) is 74.5 Å². The van der Waals surface area contributed by atoms with E-state index in [4.69, 9.17) is 9.47 Å². The van der Waals surface area contributed by atoms with Crippen molar-refractivity contribution in [2.75, 3.05) is 13.7 Å². The summed E-state index contributed by atoms with van der Waals surface area (Å²) >= 11 is 0. The molecule has 0 unspecified atom stereocenters. The fraction of sp³-hybridized carbons (Fsp3) is 0.457. The largest absolute Gasteiger partial charge is 0.489 e. The quantitative estimate of drug-likeness (QED) is 0.130. The summed E-state index contributed by atoms with van der Waals surface area (Å²) in [5.74, 6) is 0.633. The van der Waals surface area contributed by atoms with Crippen molar-refractivity contribution in [2.45, 2.75) is 89.8 Å². The van der Waals surface area contributed by atoms with Crippen molar-refractivity contribution in [1.29, 1.82) is 0 Å². The molecule has 0 radical (unpaired) electrons. The van der Waals surface area contributed by atoms with Gasteiger partial charge in [0, 0.05) is 24.6 Å². The average molecular weight is 592 g/mol. The third-order valence-electron chi connectivity index (χ3n) is 8.47. The van der Waals surface area contributed by atoms with Crippen LogP contribution in [0.5, 0.6) is 5.75 Å². The zero-order valence-corrected chi connectivity index (χ0v) is 27.2. The lowest BCUT2D eigenvalue weighted by atomic mass is 9.88. The van der Waals surface area contributed by atoms with E-state index in [9.17, 15) is 14.7 Å². The zero-order chi connectivity index (χ0) is 30.8. The van der Waals surface area contributed by atoms with Crippen molar-refractivity contribution < 1.29 is 24.2 Å². The van der Waals surface area contributed by atoms with E-state index in [1.54, 1.807) is 0 Å². The van der Waals surface area contributed by atoms with Crippen LogP contribution in [0.25, 0.3) is 0 Å². The number of nitrogens with one attached hydrogen (secondary N) is 1. The minimum Gasteiger partial charge on any atom is -0.489 e. The lowest BCUT2D eigenvalue weighted by Gasteiger charge is -2.38. The molecule has 0 saturated heterocycles. The molecule has 6 nitrogen and oxygen atoms in total. The highest BCUT2D eigenvalue weighted by Crippen LogP contribution is 2.44. The van der Waals surface area contributed by atoms with Crippen LogP contribution in [0.15, 0.2) is 72.8 Å². The van der Waals surface area contributed by atoms with Crippen molar-refractivity contribution >= 4 is 14.3 Å². The van der Waals surface area contributed by atoms with Crippen molar-refractivity contribution in [3.05, 3.63) is 101 Å². The predicted molar refractivity (Wildman–Crippen MR) is 172 cm³/mol. The first-order chi connectivity index (χ1) is 19.9. The minimum absolute atomic E-state index is 0.107. The monoisotopic (exact) mass is 591 g/mol. The fourth-order valence-corrected chi connectivity index (χ4v) is 5.80. The van der Waals surface area contributed by atoms with Gasteiger partial charge in [-0.25, -0.2) is 0 Å². The molecule has 0 aliphatic carbocycles. The number of methoxy groups -OCH3 is 1. The van der Waals surface area contributed by atoms with E-state index >= 15 is 0 Å². The molecule has 3 aromatic carbocycles. The Morgan fingerprint density at radius 2 is 1.67 bits per heavy atom. The van der Waals surface area contributed by atoms with Crippen molar-refractivity contribution in [2.24, 2.45) is 0 Å². The van der Waals surface area contributed by atoms with Gasteiger partial charge >= 0.3 is 5.97 Å². The van der Waals surface area contributed by atoms with E-state index in [1.165, 1.54) is 12.7 Å². The fourth-order valence-electron chi connectivity index (χ4n) is 5.06. The van der Waals surface area contributed by atoms with Crippen LogP contribution in [0.2, 0.25) is 18.1 Å². The van der Waals surface area contributed by atoms with Crippen molar-refractivity contribution in [1.82, 2.24) is 5.32 Å². The first-order valence-electron chi connectivity index (χ1n) is 14.9. The molecule has 0 heterocycles. The summed E-state index contributed by atoms with van der Waals surface area (Å²) < 4.78 is 10.9. The molecule has 7 heteroatoms. The molecular weight excluding hydrogens is 542 g/mol. The topological polar surface area (TPSA) is 88.0 Å². The molecule has 3 N–H and O–H groups in total. The Labute approximate surface area is 253 Å². The van der Waals surface area contributed by atoms with E-state index in [-0.39, 0.29) is 29.6 Å². The number of hydrogen-bond acceptors (Lipinski definition) is 6. The number of carbonyl (C=O) groups excluding carboxylic acids is 1. The minimum atomic E-state index is -2.44. The number of aliphatic hydroxyl groups is 1. The van der Waals surface area contributed by atoms with E-state index in [1.807, 2.05) is 55.6 Å². The van der Waals surface area contributed by atoms with Gasteiger partial charge in [0.2, 0.25) is 0 Å². The second-order valence-corrected chi connectivity index (χ2v) is 17.0. The smallest absolute Gasteiger partial charge is 0.305 e. The molecule has 3 rings (SSSR count). The van der Waals surface area contributed by atoms with Gasteiger partial charge in [-0.05, 0) is 84.6 Å². The summed E-state index contributed by atoms with van der Waals surface area (Å²) in [6.07, 6.45) is 2.72.